The molecule has 1 N–H and O–H groups in total. The van der Waals surface area contributed by atoms with Crippen LogP contribution in [0.15, 0.2) is 42.9 Å². The van der Waals surface area contributed by atoms with E-state index in [0.29, 0.717) is 38.9 Å². The van der Waals surface area contributed by atoms with Gasteiger partial charge in [-0.05, 0) is 44.9 Å². The van der Waals surface area contributed by atoms with Crippen LogP contribution in [0.3, 0.4) is 0 Å². The van der Waals surface area contributed by atoms with Gasteiger partial charge in [0.2, 0.25) is 5.88 Å². The largest absolute Gasteiger partial charge is 0.484 e. The molecule has 1 amide bonds. The van der Waals surface area contributed by atoms with Crippen LogP contribution in [0.4, 0.5) is 14.9 Å². The minimum absolute atomic E-state index is 0.0367. The minimum atomic E-state index is -0.686. The van der Waals surface area contributed by atoms with E-state index in [1.54, 1.807) is 33.2 Å². The smallest absolute Gasteiger partial charge is 0.412 e. The second-order valence-electron chi connectivity index (χ2n) is 9.56. The number of aryl methyl sites for hydroxylation is 2. The van der Waals surface area contributed by atoms with Gasteiger partial charge in [0, 0.05) is 24.1 Å². The Morgan fingerprint density at radius 3 is 2.54 bits per heavy atom. The van der Waals surface area contributed by atoms with E-state index in [2.05, 4.69) is 30.2 Å². The maximum atomic E-state index is 15.1. The molecule has 10 nitrogen and oxygen atoms in total. The molecule has 0 fully saturated rings. The third-order valence-electron chi connectivity index (χ3n) is 6.34. The number of ether oxygens (including phenoxy) is 3. The van der Waals surface area contributed by atoms with Gasteiger partial charge < -0.3 is 14.2 Å². The van der Waals surface area contributed by atoms with Crippen molar-refractivity contribution < 1.29 is 23.4 Å². The first-order valence-corrected chi connectivity index (χ1v) is 13.9. The van der Waals surface area contributed by atoms with E-state index < -0.39 is 24.1 Å². The van der Waals surface area contributed by atoms with Crippen LogP contribution in [0, 0.1) is 12.7 Å². The number of anilines is 1. The number of fused-ring (bicyclic) bond motifs is 2. The third kappa shape index (κ3) is 6.32. The predicted molar refractivity (Wildman–Crippen MR) is 155 cm³/mol. The first-order chi connectivity index (χ1) is 19.7. The van der Waals surface area contributed by atoms with Crippen molar-refractivity contribution in [2.45, 2.75) is 52.7 Å². The number of benzene rings is 2. The van der Waals surface area contributed by atoms with Gasteiger partial charge >= 0.3 is 6.09 Å². The van der Waals surface area contributed by atoms with E-state index in [9.17, 15) is 4.79 Å². The van der Waals surface area contributed by atoms with Gasteiger partial charge in [-0.2, -0.15) is 0 Å². The number of hydrogen-bond acceptors (Lipinski definition) is 10. The molecule has 41 heavy (non-hydrogen) atoms. The molecule has 0 saturated heterocycles. The summed E-state index contributed by atoms with van der Waals surface area (Å²) in [6, 6.07) is 6.85. The molecule has 0 aliphatic carbocycles. The van der Waals surface area contributed by atoms with Crippen LogP contribution in [0.1, 0.15) is 38.6 Å². The average Bonchev–Trinajstić information content (AvgIpc) is 3.35. The topological polar surface area (TPSA) is 121 Å². The van der Waals surface area contributed by atoms with Crippen LogP contribution >= 0.6 is 11.3 Å². The predicted octanol–water partition coefficient (Wildman–Crippen LogP) is 6.51. The van der Waals surface area contributed by atoms with E-state index in [-0.39, 0.29) is 5.75 Å². The number of hydrogen-bond donors (Lipinski definition) is 1. The molecule has 0 unspecified atom stereocenters. The number of carbonyl (C=O) groups is 1. The quantitative estimate of drug-likeness (QED) is 0.209. The van der Waals surface area contributed by atoms with Crippen molar-refractivity contribution in [1.29, 1.82) is 0 Å². The van der Waals surface area contributed by atoms with E-state index in [0.717, 1.165) is 28.7 Å². The molecule has 3 heterocycles. The summed E-state index contributed by atoms with van der Waals surface area (Å²) in [5.41, 5.74) is 4.05. The highest BCUT2D eigenvalue weighted by molar-refractivity contribution is 7.21. The summed E-state index contributed by atoms with van der Waals surface area (Å²) in [6.45, 7) is 7.38. The van der Waals surface area contributed by atoms with Crippen LogP contribution < -0.4 is 14.8 Å². The summed E-state index contributed by atoms with van der Waals surface area (Å²) in [5, 5.41) is 3.28. The van der Waals surface area contributed by atoms with E-state index in [4.69, 9.17) is 14.2 Å². The van der Waals surface area contributed by atoms with Gasteiger partial charge in [-0.15, -0.1) is 11.3 Å². The lowest BCUT2D eigenvalue weighted by molar-refractivity contribution is 0.0402. The van der Waals surface area contributed by atoms with Crippen LogP contribution in [-0.4, -0.2) is 50.3 Å². The van der Waals surface area contributed by atoms with Crippen molar-refractivity contribution in [3.8, 4) is 22.2 Å². The summed E-state index contributed by atoms with van der Waals surface area (Å²) in [6.07, 6.45) is 4.29. The molecule has 3 aromatic heterocycles. The van der Waals surface area contributed by atoms with Gasteiger partial charge in [0.15, 0.2) is 11.6 Å². The van der Waals surface area contributed by atoms with Gasteiger partial charge in [0.05, 0.1) is 52.6 Å². The first-order valence-electron chi connectivity index (χ1n) is 13.1. The Morgan fingerprint density at radius 2 is 1.80 bits per heavy atom. The summed E-state index contributed by atoms with van der Waals surface area (Å²) in [7, 11) is 1.54. The number of methoxy groups -OCH3 is 1. The van der Waals surface area contributed by atoms with Crippen LogP contribution in [0.25, 0.3) is 31.8 Å². The fraction of sp³-hybridized carbons (Fsp3) is 0.310. The second kappa shape index (κ2) is 12.0. The van der Waals surface area contributed by atoms with Crippen molar-refractivity contribution in [3.05, 3.63) is 60.1 Å². The molecular weight excluding hydrogens is 547 g/mol. The zero-order valence-corrected chi connectivity index (χ0v) is 24.1. The highest BCUT2D eigenvalue weighted by Crippen LogP contribution is 2.37. The normalized spacial score (nSPS) is 12.7. The number of nitrogens with one attached hydrogen (secondary N) is 1. The Kier molecular flexibility index (Phi) is 8.20. The Labute approximate surface area is 240 Å². The number of rotatable bonds is 9. The van der Waals surface area contributed by atoms with E-state index in [1.165, 1.54) is 29.8 Å². The SMILES string of the molecule is CCCc1ncc(NC(=O)O[C@H](C)[C@H](C)Oc2cc3sc(-c4cc(C)cc5nc(OC)cnc45)nc3cc2F)cn1. The summed E-state index contributed by atoms with van der Waals surface area (Å²) in [5.74, 6) is 0.591. The van der Waals surface area contributed by atoms with Crippen LogP contribution in [0.2, 0.25) is 0 Å². The fourth-order valence-electron chi connectivity index (χ4n) is 4.12. The van der Waals surface area contributed by atoms with Crippen molar-refractivity contribution in [2.75, 3.05) is 12.4 Å². The third-order valence-corrected chi connectivity index (χ3v) is 7.39. The zero-order chi connectivity index (χ0) is 29.1. The van der Waals surface area contributed by atoms with Crippen LogP contribution in [-0.2, 0) is 11.2 Å². The van der Waals surface area contributed by atoms with Crippen LogP contribution in [0.5, 0.6) is 11.6 Å². The summed E-state index contributed by atoms with van der Waals surface area (Å²) >= 11 is 1.39. The lowest BCUT2D eigenvalue weighted by atomic mass is 10.1. The van der Waals surface area contributed by atoms with Gasteiger partial charge in [0.25, 0.3) is 0 Å². The monoisotopic (exact) mass is 576 g/mol. The Bertz CT molecular complexity index is 1710. The van der Waals surface area contributed by atoms with Gasteiger partial charge in [-0.1, -0.05) is 6.92 Å². The number of halogens is 1. The molecule has 0 spiro atoms. The lowest BCUT2D eigenvalue weighted by Crippen LogP contribution is -2.32. The second-order valence-corrected chi connectivity index (χ2v) is 10.6. The van der Waals surface area contributed by atoms with Gasteiger partial charge in [0.1, 0.15) is 23.0 Å². The standard InChI is InChI=1S/C29H29FN6O4S/c1-6-7-25-31-12-18(13-32-25)34-29(37)40-17(4)16(3)39-23-11-24-21(10-20(23)30)36-28(41-24)19-8-15(2)9-22-27(19)33-14-26(35-22)38-5/h8-14,16-17H,6-7H2,1-5H3,(H,34,37)/t16-,17+/m0/s1. The molecule has 0 radical (unpaired) electrons. The zero-order valence-electron chi connectivity index (χ0n) is 23.3. The summed E-state index contributed by atoms with van der Waals surface area (Å²) < 4.78 is 32.3. The van der Waals surface area contributed by atoms with Crippen molar-refractivity contribution in [3.63, 3.8) is 0 Å². The average molecular weight is 577 g/mol. The molecular formula is C29H29FN6O4S. The maximum absolute atomic E-state index is 15.1. The van der Waals surface area contributed by atoms with Crippen molar-refractivity contribution in [1.82, 2.24) is 24.9 Å². The molecule has 212 valence electrons. The molecule has 0 bridgehead atoms. The number of carbonyl (C=O) groups excluding carboxylic acids is 1. The number of thiazole rings is 1. The van der Waals surface area contributed by atoms with Crippen molar-refractivity contribution in [2.24, 2.45) is 0 Å². The Balaban J connectivity index is 1.30. The highest BCUT2D eigenvalue weighted by atomic mass is 32.1. The molecule has 5 rings (SSSR count). The number of aromatic nitrogens is 5. The van der Waals surface area contributed by atoms with E-state index >= 15 is 4.39 Å². The van der Waals surface area contributed by atoms with Crippen molar-refractivity contribution >= 4 is 44.4 Å². The molecule has 12 heteroatoms. The first kappa shape index (κ1) is 28.1. The highest BCUT2D eigenvalue weighted by Gasteiger charge is 2.22. The molecule has 2 atom stereocenters. The molecule has 2 aromatic carbocycles. The number of amides is 1. The molecule has 5 aromatic rings. The Morgan fingerprint density at radius 1 is 1.02 bits per heavy atom. The van der Waals surface area contributed by atoms with Gasteiger partial charge in [-0.25, -0.2) is 34.1 Å². The minimum Gasteiger partial charge on any atom is -0.484 e. The van der Waals surface area contributed by atoms with Gasteiger partial charge in [-0.3, -0.25) is 5.32 Å². The molecule has 0 aliphatic rings. The summed E-state index contributed by atoms with van der Waals surface area (Å²) in [4.78, 5) is 34.5. The molecule has 0 saturated carbocycles. The fourth-order valence-corrected chi connectivity index (χ4v) is 5.12. The molecule has 0 aliphatic heterocycles. The Hall–Kier alpha value is -4.45. The lowest BCUT2D eigenvalue weighted by Gasteiger charge is -2.22. The number of nitrogens with zero attached hydrogens (tertiary/aromatic N) is 5. The van der Waals surface area contributed by atoms with E-state index in [1.807, 2.05) is 26.0 Å². The maximum Gasteiger partial charge on any atom is 0.412 e.